The number of aliphatic carboxylic acids is 1. The number of nitrogens with zero attached hydrogens (tertiary/aromatic N) is 1. The van der Waals surface area contributed by atoms with Crippen molar-refractivity contribution in [2.75, 3.05) is 13.6 Å². The van der Waals surface area contributed by atoms with Crippen LogP contribution in [0.25, 0.3) is 0 Å². The van der Waals surface area contributed by atoms with E-state index in [4.69, 9.17) is 5.11 Å². The molecule has 0 bridgehead atoms. The molecule has 1 rings (SSSR count). The molecule has 1 N–H and O–H groups in total. The van der Waals surface area contributed by atoms with Crippen molar-refractivity contribution in [3.63, 3.8) is 0 Å². The van der Waals surface area contributed by atoms with E-state index >= 15 is 0 Å². The third-order valence-electron chi connectivity index (χ3n) is 3.83. The molecular weight excluding hydrogens is 218 g/mol. The summed E-state index contributed by atoms with van der Waals surface area (Å²) in [6, 6.07) is 0. The Morgan fingerprint density at radius 2 is 1.82 bits per heavy atom. The average molecular weight is 241 g/mol. The first kappa shape index (κ1) is 14.0. The summed E-state index contributed by atoms with van der Waals surface area (Å²) in [6.45, 7) is 6.56. The van der Waals surface area contributed by atoms with Gasteiger partial charge in [-0.3, -0.25) is 9.59 Å². The molecule has 0 spiro atoms. The maximum absolute atomic E-state index is 12.1. The molecule has 0 saturated heterocycles. The lowest BCUT2D eigenvalue weighted by Gasteiger charge is -2.17. The summed E-state index contributed by atoms with van der Waals surface area (Å²) < 4.78 is 0. The van der Waals surface area contributed by atoms with Gasteiger partial charge in [-0.05, 0) is 11.8 Å². The Hall–Kier alpha value is -1.06. The van der Waals surface area contributed by atoms with E-state index in [1.54, 1.807) is 11.9 Å². The van der Waals surface area contributed by atoms with Gasteiger partial charge in [-0.2, -0.15) is 0 Å². The summed E-state index contributed by atoms with van der Waals surface area (Å²) in [5.74, 6) is -1.72. The predicted octanol–water partition coefficient (Wildman–Crippen LogP) is 1.99. The Bertz CT molecular complexity index is 312. The van der Waals surface area contributed by atoms with Gasteiger partial charge in [0, 0.05) is 13.6 Å². The highest BCUT2D eigenvalue weighted by molar-refractivity contribution is 5.91. The molecule has 1 amide bonds. The smallest absolute Gasteiger partial charge is 0.307 e. The molecule has 1 fully saturated rings. The van der Waals surface area contributed by atoms with Crippen LogP contribution < -0.4 is 0 Å². The second-order valence-corrected chi connectivity index (χ2v) is 5.58. The predicted molar refractivity (Wildman–Crippen MR) is 65.6 cm³/mol. The number of carbonyl (C=O) groups is 2. The van der Waals surface area contributed by atoms with E-state index < -0.39 is 11.9 Å². The summed E-state index contributed by atoms with van der Waals surface area (Å²) in [5, 5.41) is 9.03. The molecule has 17 heavy (non-hydrogen) atoms. The average Bonchev–Trinajstić information content (AvgIpc) is 2.80. The van der Waals surface area contributed by atoms with E-state index in [2.05, 4.69) is 6.92 Å². The molecule has 0 aliphatic heterocycles. The van der Waals surface area contributed by atoms with Crippen LogP contribution >= 0.6 is 0 Å². The number of hydrogen-bond acceptors (Lipinski definition) is 2. The van der Waals surface area contributed by atoms with E-state index in [1.807, 2.05) is 13.8 Å². The Balaban J connectivity index is 2.51. The van der Waals surface area contributed by atoms with Gasteiger partial charge >= 0.3 is 5.97 Å². The number of carbonyl (C=O) groups excluding carboxylic acids is 1. The number of hydrogen-bond donors (Lipinski definition) is 1. The molecule has 98 valence electrons. The Morgan fingerprint density at radius 3 is 2.24 bits per heavy atom. The lowest BCUT2D eigenvalue weighted by atomic mass is 10.1. The molecule has 0 aromatic heterocycles. The zero-order chi connectivity index (χ0) is 13.2. The molecule has 0 aromatic carbocycles. The molecule has 1 saturated carbocycles. The van der Waals surface area contributed by atoms with Gasteiger partial charge in [-0.15, -0.1) is 0 Å². The molecule has 1 aliphatic rings. The number of carboxylic acids is 1. The van der Waals surface area contributed by atoms with Crippen LogP contribution in [0.1, 0.15) is 40.0 Å². The highest BCUT2D eigenvalue weighted by Gasteiger charge is 2.66. The van der Waals surface area contributed by atoms with Crippen molar-refractivity contribution in [2.24, 2.45) is 17.3 Å². The van der Waals surface area contributed by atoms with Crippen LogP contribution in [-0.2, 0) is 9.59 Å². The number of unbranched alkanes of at least 4 members (excludes halogenated alkanes) is 2. The van der Waals surface area contributed by atoms with E-state index in [9.17, 15) is 9.59 Å². The van der Waals surface area contributed by atoms with Gasteiger partial charge in [-0.1, -0.05) is 33.6 Å². The monoisotopic (exact) mass is 241 g/mol. The van der Waals surface area contributed by atoms with Crippen LogP contribution in [0, 0.1) is 17.3 Å². The summed E-state index contributed by atoms with van der Waals surface area (Å²) in [4.78, 5) is 24.8. The van der Waals surface area contributed by atoms with Crippen molar-refractivity contribution in [3.05, 3.63) is 0 Å². The van der Waals surface area contributed by atoms with Gasteiger partial charge in [0.25, 0.3) is 0 Å². The van der Waals surface area contributed by atoms with E-state index in [1.165, 1.54) is 0 Å². The Labute approximate surface area is 103 Å². The van der Waals surface area contributed by atoms with Crippen LogP contribution in [0.4, 0.5) is 0 Å². The fourth-order valence-electron chi connectivity index (χ4n) is 2.51. The van der Waals surface area contributed by atoms with Crippen LogP contribution in [0.2, 0.25) is 0 Å². The van der Waals surface area contributed by atoms with Gasteiger partial charge in [0.2, 0.25) is 5.91 Å². The first-order valence-corrected chi connectivity index (χ1v) is 6.31. The highest BCUT2D eigenvalue weighted by atomic mass is 16.4. The van der Waals surface area contributed by atoms with E-state index in [0.717, 1.165) is 25.8 Å². The number of carboxylic acid groups (broad SMARTS) is 1. The summed E-state index contributed by atoms with van der Waals surface area (Å²) in [5.41, 5.74) is -0.387. The number of amides is 1. The van der Waals surface area contributed by atoms with Gasteiger partial charge in [0.15, 0.2) is 0 Å². The van der Waals surface area contributed by atoms with Crippen molar-refractivity contribution in [1.29, 1.82) is 0 Å². The van der Waals surface area contributed by atoms with Gasteiger partial charge in [-0.25, -0.2) is 0 Å². The summed E-state index contributed by atoms with van der Waals surface area (Å²) in [7, 11) is 1.77. The van der Waals surface area contributed by atoms with Crippen LogP contribution in [0.15, 0.2) is 0 Å². The molecule has 4 nitrogen and oxygen atoms in total. The minimum atomic E-state index is -0.852. The molecule has 2 atom stereocenters. The SMILES string of the molecule is CCCCCN(C)C(=O)[C@H]1[C@@H](C(=O)O)C1(C)C. The fourth-order valence-corrected chi connectivity index (χ4v) is 2.51. The molecule has 4 heteroatoms. The lowest BCUT2D eigenvalue weighted by Crippen LogP contribution is -2.31. The molecule has 0 unspecified atom stereocenters. The first-order valence-electron chi connectivity index (χ1n) is 6.31. The van der Waals surface area contributed by atoms with Crippen molar-refractivity contribution >= 4 is 11.9 Å². The summed E-state index contributed by atoms with van der Waals surface area (Å²) >= 11 is 0. The number of rotatable bonds is 6. The Morgan fingerprint density at radius 1 is 1.24 bits per heavy atom. The van der Waals surface area contributed by atoms with Crippen molar-refractivity contribution < 1.29 is 14.7 Å². The molecule has 0 radical (unpaired) electrons. The van der Waals surface area contributed by atoms with Crippen molar-refractivity contribution in [1.82, 2.24) is 4.90 Å². The second kappa shape index (κ2) is 5.07. The van der Waals surface area contributed by atoms with E-state index in [-0.39, 0.29) is 17.2 Å². The standard InChI is InChI=1S/C13H23NO3/c1-5-6-7-8-14(4)11(15)9-10(12(16)17)13(9,2)3/h9-10H,5-8H2,1-4H3,(H,16,17)/t9-,10+/m1/s1. The van der Waals surface area contributed by atoms with Crippen LogP contribution in [-0.4, -0.2) is 35.5 Å². The fraction of sp³-hybridized carbons (Fsp3) is 0.846. The van der Waals surface area contributed by atoms with Gasteiger partial charge in [0.05, 0.1) is 11.8 Å². The maximum atomic E-state index is 12.1. The van der Waals surface area contributed by atoms with Crippen LogP contribution in [0.5, 0.6) is 0 Å². The van der Waals surface area contributed by atoms with E-state index in [0.29, 0.717) is 0 Å². The Kier molecular flexibility index (Phi) is 4.17. The molecular formula is C13H23NO3. The quantitative estimate of drug-likeness (QED) is 0.723. The zero-order valence-corrected chi connectivity index (χ0v) is 11.2. The molecule has 0 aromatic rings. The normalized spacial score (nSPS) is 25.4. The highest BCUT2D eigenvalue weighted by Crippen LogP contribution is 2.58. The topological polar surface area (TPSA) is 57.6 Å². The molecule has 1 aliphatic carbocycles. The van der Waals surface area contributed by atoms with Crippen molar-refractivity contribution in [3.8, 4) is 0 Å². The second-order valence-electron chi connectivity index (χ2n) is 5.58. The third kappa shape index (κ3) is 2.79. The van der Waals surface area contributed by atoms with Crippen molar-refractivity contribution in [2.45, 2.75) is 40.0 Å². The lowest BCUT2D eigenvalue weighted by molar-refractivity contribution is -0.141. The van der Waals surface area contributed by atoms with Gasteiger partial charge in [0.1, 0.15) is 0 Å². The van der Waals surface area contributed by atoms with Crippen LogP contribution in [0.3, 0.4) is 0 Å². The largest absolute Gasteiger partial charge is 0.481 e. The molecule has 0 heterocycles. The maximum Gasteiger partial charge on any atom is 0.307 e. The zero-order valence-electron chi connectivity index (χ0n) is 11.2. The first-order chi connectivity index (χ1) is 7.84. The van der Waals surface area contributed by atoms with Gasteiger partial charge < -0.3 is 10.0 Å². The minimum absolute atomic E-state index is 0.0153. The third-order valence-corrected chi connectivity index (χ3v) is 3.83. The minimum Gasteiger partial charge on any atom is -0.481 e. The summed E-state index contributed by atoms with van der Waals surface area (Å²) in [6.07, 6.45) is 3.21.